The molecule has 1 amide bonds. The average Bonchev–Trinajstić information content (AvgIpc) is 2.53. The first-order valence-corrected chi connectivity index (χ1v) is 8.21. The van der Waals surface area contributed by atoms with E-state index in [9.17, 15) is 4.79 Å². The van der Waals surface area contributed by atoms with E-state index in [2.05, 4.69) is 24.4 Å². The van der Waals surface area contributed by atoms with Crippen molar-refractivity contribution in [3.8, 4) is 0 Å². The van der Waals surface area contributed by atoms with Gasteiger partial charge in [-0.15, -0.1) is 0 Å². The standard InChI is InChI=1S/C18H25NO2/c1-2-3-14-4-6-15(7-5-14)17(20)19-16-8-9-18(16)10-12-21-13-11-18/h4-7,16H,2-3,8-13H2,1H3,(H,19,20). The summed E-state index contributed by atoms with van der Waals surface area (Å²) in [6.07, 6.45) is 6.74. The lowest BCUT2D eigenvalue weighted by molar-refractivity contribution is -0.0523. The van der Waals surface area contributed by atoms with Gasteiger partial charge in [0.25, 0.3) is 5.91 Å². The minimum atomic E-state index is 0.0774. The van der Waals surface area contributed by atoms with Crippen molar-refractivity contribution in [2.24, 2.45) is 5.41 Å². The third-order valence-corrected chi connectivity index (χ3v) is 5.22. The smallest absolute Gasteiger partial charge is 0.251 e. The molecule has 3 heteroatoms. The summed E-state index contributed by atoms with van der Waals surface area (Å²) in [6, 6.07) is 8.39. The van der Waals surface area contributed by atoms with Crippen LogP contribution in [-0.2, 0) is 11.2 Å². The quantitative estimate of drug-likeness (QED) is 0.922. The number of nitrogens with one attached hydrogen (secondary N) is 1. The molecule has 2 aliphatic rings. The number of carbonyl (C=O) groups excluding carboxylic acids is 1. The number of aryl methyl sites for hydroxylation is 1. The van der Waals surface area contributed by atoms with E-state index in [-0.39, 0.29) is 5.91 Å². The molecule has 1 atom stereocenters. The van der Waals surface area contributed by atoms with E-state index in [1.807, 2.05) is 12.1 Å². The van der Waals surface area contributed by atoms with Gasteiger partial charge in [0.2, 0.25) is 0 Å². The molecule has 1 heterocycles. The number of rotatable bonds is 4. The fourth-order valence-corrected chi connectivity index (χ4v) is 3.65. The highest BCUT2D eigenvalue weighted by Crippen LogP contribution is 2.48. The third kappa shape index (κ3) is 2.98. The molecular weight excluding hydrogens is 262 g/mol. The highest BCUT2D eigenvalue weighted by molar-refractivity contribution is 5.94. The number of benzene rings is 1. The van der Waals surface area contributed by atoms with E-state index in [4.69, 9.17) is 4.74 Å². The normalized spacial score (nSPS) is 23.6. The first-order valence-electron chi connectivity index (χ1n) is 8.21. The molecular formula is C18H25NO2. The summed E-state index contributed by atoms with van der Waals surface area (Å²) in [5, 5.41) is 3.25. The summed E-state index contributed by atoms with van der Waals surface area (Å²) in [5.74, 6) is 0.0774. The SMILES string of the molecule is CCCc1ccc(C(=O)NC2CCC23CCOCC3)cc1. The van der Waals surface area contributed by atoms with Gasteiger partial charge in [-0.05, 0) is 55.2 Å². The lowest BCUT2D eigenvalue weighted by atomic mass is 9.60. The first kappa shape index (κ1) is 14.6. The molecule has 1 aliphatic carbocycles. The Labute approximate surface area is 127 Å². The highest BCUT2D eigenvalue weighted by atomic mass is 16.5. The van der Waals surface area contributed by atoms with Gasteiger partial charge in [0, 0.05) is 24.8 Å². The second-order valence-electron chi connectivity index (χ2n) is 6.49. The molecule has 0 aromatic heterocycles. The number of ether oxygens (including phenoxy) is 1. The van der Waals surface area contributed by atoms with Gasteiger partial charge in [-0.2, -0.15) is 0 Å². The largest absolute Gasteiger partial charge is 0.381 e. The van der Waals surface area contributed by atoms with Crippen LogP contribution in [0, 0.1) is 5.41 Å². The summed E-state index contributed by atoms with van der Waals surface area (Å²) in [4.78, 5) is 12.4. The summed E-state index contributed by atoms with van der Waals surface area (Å²) in [7, 11) is 0. The zero-order chi connectivity index (χ0) is 14.7. The predicted octanol–water partition coefficient (Wildman–Crippen LogP) is 3.33. The van der Waals surface area contributed by atoms with Crippen molar-refractivity contribution in [3.63, 3.8) is 0 Å². The van der Waals surface area contributed by atoms with Gasteiger partial charge in [0.1, 0.15) is 0 Å². The lowest BCUT2D eigenvalue weighted by Crippen LogP contribution is -2.57. The lowest BCUT2D eigenvalue weighted by Gasteiger charge is -2.52. The van der Waals surface area contributed by atoms with Gasteiger partial charge in [-0.3, -0.25) is 4.79 Å². The average molecular weight is 287 g/mol. The second kappa shape index (κ2) is 6.18. The molecule has 1 N–H and O–H groups in total. The topological polar surface area (TPSA) is 38.3 Å². The van der Waals surface area contributed by atoms with Crippen molar-refractivity contribution in [1.29, 1.82) is 0 Å². The number of hydrogen-bond donors (Lipinski definition) is 1. The Morgan fingerprint density at radius 3 is 2.52 bits per heavy atom. The van der Waals surface area contributed by atoms with Gasteiger partial charge in [-0.1, -0.05) is 25.5 Å². The van der Waals surface area contributed by atoms with Crippen LogP contribution < -0.4 is 5.32 Å². The number of carbonyl (C=O) groups is 1. The van der Waals surface area contributed by atoms with E-state index >= 15 is 0 Å². The molecule has 1 unspecified atom stereocenters. The van der Waals surface area contributed by atoms with E-state index < -0.39 is 0 Å². The maximum atomic E-state index is 12.4. The Hall–Kier alpha value is -1.35. The van der Waals surface area contributed by atoms with Crippen molar-refractivity contribution in [2.45, 2.75) is 51.5 Å². The Morgan fingerprint density at radius 1 is 1.24 bits per heavy atom. The molecule has 1 aliphatic heterocycles. The van der Waals surface area contributed by atoms with Crippen LogP contribution >= 0.6 is 0 Å². The van der Waals surface area contributed by atoms with Crippen LogP contribution in [0.2, 0.25) is 0 Å². The monoisotopic (exact) mass is 287 g/mol. The van der Waals surface area contributed by atoms with Crippen molar-refractivity contribution in [2.75, 3.05) is 13.2 Å². The summed E-state index contributed by atoms with van der Waals surface area (Å²) in [6.45, 7) is 3.86. The van der Waals surface area contributed by atoms with E-state index in [1.165, 1.54) is 12.0 Å². The maximum absolute atomic E-state index is 12.4. The first-order chi connectivity index (χ1) is 10.2. The summed E-state index contributed by atoms with van der Waals surface area (Å²) < 4.78 is 5.46. The Kier molecular flexibility index (Phi) is 4.29. The van der Waals surface area contributed by atoms with Crippen molar-refractivity contribution < 1.29 is 9.53 Å². The van der Waals surface area contributed by atoms with Crippen molar-refractivity contribution in [1.82, 2.24) is 5.32 Å². The van der Waals surface area contributed by atoms with Gasteiger partial charge >= 0.3 is 0 Å². The Morgan fingerprint density at radius 2 is 1.95 bits per heavy atom. The third-order valence-electron chi connectivity index (χ3n) is 5.22. The van der Waals surface area contributed by atoms with Crippen LogP contribution in [0.5, 0.6) is 0 Å². The maximum Gasteiger partial charge on any atom is 0.251 e. The molecule has 2 fully saturated rings. The molecule has 1 aromatic rings. The van der Waals surface area contributed by atoms with Crippen molar-refractivity contribution in [3.05, 3.63) is 35.4 Å². The van der Waals surface area contributed by atoms with Crippen LogP contribution in [0.15, 0.2) is 24.3 Å². The second-order valence-corrected chi connectivity index (χ2v) is 6.49. The molecule has 3 rings (SSSR count). The van der Waals surface area contributed by atoms with Crippen molar-refractivity contribution >= 4 is 5.91 Å². The summed E-state index contributed by atoms with van der Waals surface area (Å²) >= 11 is 0. The van der Waals surface area contributed by atoms with Crippen LogP contribution in [0.3, 0.4) is 0 Å². The Bertz CT molecular complexity index is 488. The van der Waals surface area contributed by atoms with Crippen LogP contribution in [0.25, 0.3) is 0 Å². The molecule has 21 heavy (non-hydrogen) atoms. The minimum absolute atomic E-state index is 0.0774. The molecule has 0 radical (unpaired) electrons. The van der Waals surface area contributed by atoms with Crippen LogP contribution in [-0.4, -0.2) is 25.2 Å². The molecule has 1 aromatic carbocycles. The van der Waals surface area contributed by atoms with Gasteiger partial charge in [0.15, 0.2) is 0 Å². The minimum Gasteiger partial charge on any atom is -0.381 e. The number of amides is 1. The predicted molar refractivity (Wildman–Crippen MR) is 83.4 cm³/mol. The van der Waals surface area contributed by atoms with E-state index in [0.717, 1.165) is 50.9 Å². The summed E-state index contributed by atoms with van der Waals surface area (Å²) in [5.41, 5.74) is 2.40. The molecule has 1 saturated heterocycles. The fraction of sp³-hybridized carbons (Fsp3) is 0.611. The van der Waals surface area contributed by atoms with Crippen LogP contribution in [0.4, 0.5) is 0 Å². The molecule has 1 saturated carbocycles. The molecule has 1 spiro atoms. The van der Waals surface area contributed by atoms with E-state index in [0.29, 0.717) is 11.5 Å². The molecule has 3 nitrogen and oxygen atoms in total. The highest BCUT2D eigenvalue weighted by Gasteiger charge is 2.47. The van der Waals surface area contributed by atoms with Gasteiger partial charge in [0.05, 0.1) is 0 Å². The van der Waals surface area contributed by atoms with Gasteiger partial charge in [-0.25, -0.2) is 0 Å². The van der Waals surface area contributed by atoms with E-state index in [1.54, 1.807) is 0 Å². The fourth-order valence-electron chi connectivity index (χ4n) is 3.65. The molecule has 0 bridgehead atoms. The van der Waals surface area contributed by atoms with Gasteiger partial charge < -0.3 is 10.1 Å². The zero-order valence-corrected chi connectivity index (χ0v) is 12.9. The number of hydrogen-bond acceptors (Lipinski definition) is 2. The molecule has 114 valence electrons. The zero-order valence-electron chi connectivity index (χ0n) is 12.9. The van der Waals surface area contributed by atoms with Crippen LogP contribution in [0.1, 0.15) is 54.9 Å². The Balaban J connectivity index is 1.61.